The maximum atomic E-state index is 6.42. The van der Waals surface area contributed by atoms with E-state index in [4.69, 9.17) is 4.74 Å². The molecule has 1 aliphatic rings. The maximum absolute atomic E-state index is 6.42. The second kappa shape index (κ2) is 8.16. The average Bonchev–Trinajstić information content (AvgIpc) is 2.43. The fourth-order valence-corrected chi connectivity index (χ4v) is 3.38. The van der Waals surface area contributed by atoms with Crippen molar-refractivity contribution in [3.8, 4) is 0 Å². The standard InChI is InChI=1S/C17H26BrNO/c1-3-19-12-17(14-7-5-8-15(18)11-14)20-16-9-4-6-13(2)10-16/h5,7-8,11,13,16-17,19H,3-4,6,9-10,12H2,1-2H3. The highest BCUT2D eigenvalue weighted by molar-refractivity contribution is 9.10. The van der Waals surface area contributed by atoms with Crippen LogP contribution in [0, 0.1) is 5.92 Å². The zero-order valence-electron chi connectivity index (χ0n) is 12.6. The van der Waals surface area contributed by atoms with Gasteiger partial charge in [0.2, 0.25) is 0 Å². The SMILES string of the molecule is CCNCC(OC1CCCC(C)C1)c1cccc(Br)c1. The number of ether oxygens (including phenoxy) is 1. The normalized spacial score (nSPS) is 24.6. The summed E-state index contributed by atoms with van der Waals surface area (Å²) < 4.78 is 7.54. The van der Waals surface area contributed by atoms with Gasteiger partial charge in [-0.2, -0.15) is 0 Å². The van der Waals surface area contributed by atoms with Gasteiger partial charge in [-0.05, 0) is 43.0 Å². The highest BCUT2D eigenvalue weighted by Crippen LogP contribution is 2.30. The van der Waals surface area contributed by atoms with E-state index in [-0.39, 0.29) is 6.10 Å². The lowest BCUT2D eigenvalue weighted by Crippen LogP contribution is -2.29. The van der Waals surface area contributed by atoms with Crippen molar-refractivity contribution >= 4 is 15.9 Å². The van der Waals surface area contributed by atoms with Crippen LogP contribution in [0.15, 0.2) is 28.7 Å². The third-order valence-corrected chi connectivity index (χ3v) is 4.54. The van der Waals surface area contributed by atoms with Crippen molar-refractivity contribution in [1.82, 2.24) is 5.32 Å². The number of nitrogens with one attached hydrogen (secondary N) is 1. The first-order chi connectivity index (χ1) is 9.69. The van der Waals surface area contributed by atoms with Gasteiger partial charge in [-0.25, -0.2) is 0 Å². The smallest absolute Gasteiger partial charge is 0.0953 e. The van der Waals surface area contributed by atoms with E-state index < -0.39 is 0 Å². The lowest BCUT2D eigenvalue weighted by molar-refractivity contribution is -0.0393. The summed E-state index contributed by atoms with van der Waals surface area (Å²) in [5.41, 5.74) is 1.26. The molecule has 0 saturated heterocycles. The second-order valence-corrected chi connectivity index (χ2v) is 6.80. The maximum Gasteiger partial charge on any atom is 0.0953 e. The fourth-order valence-electron chi connectivity index (χ4n) is 2.96. The molecule has 0 amide bonds. The number of likely N-dealkylation sites (N-methyl/N-ethyl adjacent to an activating group) is 1. The summed E-state index contributed by atoms with van der Waals surface area (Å²) in [6.45, 7) is 6.35. The van der Waals surface area contributed by atoms with Crippen molar-refractivity contribution in [2.45, 2.75) is 51.7 Å². The molecule has 1 aromatic rings. The van der Waals surface area contributed by atoms with Gasteiger partial charge in [-0.15, -0.1) is 0 Å². The van der Waals surface area contributed by atoms with E-state index in [1.807, 2.05) is 0 Å². The number of rotatable bonds is 6. The van der Waals surface area contributed by atoms with Crippen LogP contribution in [-0.4, -0.2) is 19.2 Å². The Morgan fingerprint density at radius 3 is 2.95 bits per heavy atom. The van der Waals surface area contributed by atoms with Gasteiger partial charge in [0.05, 0.1) is 12.2 Å². The molecule has 0 bridgehead atoms. The molecule has 0 spiro atoms. The molecule has 2 nitrogen and oxygen atoms in total. The number of hydrogen-bond donors (Lipinski definition) is 1. The molecule has 1 fully saturated rings. The van der Waals surface area contributed by atoms with E-state index in [2.05, 4.69) is 59.4 Å². The molecule has 1 saturated carbocycles. The molecular formula is C17H26BrNO. The minimum atomic E-state index is 0.155. The Hall–Kier alpha value is -0.380. The van der Waals surface area contributed by atoms with Crippen molar-refractivity contribution < 1.29 is 4.74 Å². The largest absolute Gasteiger partial charge is 0.369 e. The van der Waals surface area contributed by atoms with Gasteiger partial charge in [0, 0.05) is 11.0 Å². The van der Waals surface area contributed by atoms with E-state index >= 15 is 0 Å². The highest BCUT2D eigenvalue weighted by atomic mass is 79.9. The topological polar surface area (TPSA) is 21.3 Å². The summed E-state index contributed by atoms with van der Waals surface area (Å²) in [7, 11) is 0. The summed E-state index contributed by atoms with van der Waals surface area (Å²) in [5.74, 6) is 0.802. The molecule has 0 aliphatic heterocycles. The number of benzene rings is 1. The van der Waals surface area contributed by atoms with Crippen molar-refractivity contribution in [3.63, 3.8) is 0 Å². The first-order valence-corrected chi connectivity index (χ1v) is 8.60. The number of halogens is 1. The van der Waals surface area contributed by atoms with E-state index in [1.54, 1.807) is 0 Å². The molecule has 1 aliphatic carbocycles. The highest BCUT2D eigenvalue weighted by Gasteiger charge is 2.23. The van der Waals surface area contributed by atoms with Gasteiger partial charge in [0.1, 0.15) is 0 Å². The Morgan fingerprint density at radius 1 is 1.40 bits per heavy atom. The molecule has 20 heavy (non-hydrogen) atoms. The first kappa shape index (κ1) is 16.0. The Balaban J connectivity index is 2.03. The Kier molecular flexibility index (Phi) is 6.53. The number of hydrogen-bond acceptors (Lipinski definition) is 2. The van der Waals surface area contributed by atoms with E-state index in [0.29, 0.717) is 6.10 Å². The predicted molar refractivity (Wildman–Crippen MR) is 87.9 cm³/mol. The molecule has 3 unspecified atom stereocenters. The van der Waals surface area contributed by atoms with Crippen LogP contribution < -0.4 is 5.32 Å². The summed E-state index contributed by atoms with van der Waals surface area (Å²) in [6, 6.07) is 8.50. The molecule has 3 atom stereocenters. The quantitative estimate of drug-likeness (QED) is 0.811. The molecular weight excluding hydrogens is 314 g/mol. The van der Waals surface area contributed by atoms with Crippen LogP contribution in [0.25, 0.3) is 0 Å². The molecule has 2 rings (SSSR count). The fraction of sp³-hybridized carbons (Fsp3) is 0.647. The minimum absolute atomic E-state index is 0.155. The van der Waals surface area contributed by atoms with Crippen LogP contribution in [0.5, 0.6) is 0 Å². The van der Waals surface area contributed by atoms with Crippen molar-refractivity contribution in [3.05, 3.63) is 34.3 Å². The zero-order chi connectivity index (χ0) is 14.4. The van der Waals surface area contributed by atoms with Crippen molar-refractivity contribution in [2.75, 3.05) is 13.1 Å². The lowest BCUT2D eigenvalue weighted by atomic mass is 9.88. The van der Waals surface area contributed by atoms with Crippen LogP contribution in [0.2, 0.25) is 0 Å². The van der Waals surface area contributed by atoms with Crippen LogP contribution >= 0.6 is 15.9 Å². The third-order valence-electron chi connectivity index (χ3n) is 4.05. The van der Waals surface area contributed by atoms with Gasteiger partial charge in [-0.3, -0.25) is 0 Å². The van der Waals surface area contributed by atoms with E-state index in [9.17, 15) is 0 Å². The van der Waals surface area contributed by atoms with Gasteiger partial charge < -0.3 is 10.1 Å². The van der Waals surface area contributed by atoms with Crippen molar-refractivity contribution in [1.29, 1.82) is 0 Å². The summed E-state index contributed by atoms with van der Waals surface area (Å²) in [5, 5.41) is 3.43. The Morgan fingerprint density at radius 2 is 2.25 bits per heavy atom. The van der Waals surface area contributed by atoms with Gasteiger partial charge >= 0.3 is 0 Å². The molecule has 0 heterocycles. The van der Waals surface area contributed by atoms with Gasteiger partial charge in [0.15, 0.2) is 0 Å². The van der Waals surface area contributed by atoms with Crippen LogP contribution in [0.1, 0.15) is 51.2 Å². The van der Waals surface area contributed by atoms with Crippen LogP contribution in [0.3, 0.4) is 0 Å². The molecule has 0 aromatic heterocycles. The van der Waals surface area contributed by atoms with Crippen molar-refractivity contribution in [2.24, 2.45) is 5.92 Å². The van der Waals surface area contributed by atoms with Crippen LogP contribution in [-0.2, 0) is 4.74 Å². The Bertz CT molecular complexity index is 410. The van der Waals surface area contributed by atoms with Crippen LogP contribution in [0.4, 0.5) is 0 Å². The van der Waals surface area contributed by atoms with Gasteiger partial charge in [0.25, 0.3) is 0 Å². The zero-order valence-corrected chi connectivity index (χ0v) is 14.2. The Labute approximate surface area is 131 Å². The molecule has 112 valence electrons. The molecule has 0 radical (unpaired) electrons. The second-order valence-electron chi connectivity index (χ2n) is 5.88. The van der Waals surface area contributed by atoms with Gasteiger partial charge in [-0.1, -0.05) is 54.8 Å². The monoisotopic (exact) mass is 339 g/mol. The third kappa shape index (κ3) is 4.87. The molecule has 3 heteroatoms. The molecule has 1 N–H and O–H groups in total. The first-order valence-electron chi connectivity index (χ1n) is 7.80. The molecule has 1 aromatic carbocycles. The summed E-state index contributed by atoms with van der Waals surface area (Å²) >= 11 is 3.56. The van der Waals surface area contributed by atoms with E-state index in [1.165, 1.54) is 31.2 Å². The lowest BCUT2D eigenvalue weighted by Gasteiger charge is -2.31. The minimum Gasteiger partial charge on any atom is -0.369 e. The summed E-state index contributed by atoms with van der Waals surface area (Å²) in [4.78, 5) is 0. The van der Waals surface area contributed by atoms with E-state index in [0.717, 1.165) is 23.5 Å². The predicted octanol–water partition coefficient (Wildman–Crippen LogP) is 4.70. The summed E-state index contributed by atoms with van der Waals surface area (Å²) in [6.07, 6.45) is 5.65. The average molecular weight is 340 g/mol.